The zero-order valence-corrected chi connectivity index (χ0v) is 9.78. The van der Waals surface area contributed by atoms with Crippen molar-refractivity contribution < 1.29 is 9.53 Å². The summed E-state index contributed by atoms with van der Waals surface area (Å²) in [4.78, 5) is 11.5. The van der Waals surface area contributed by atoms with Crippen LogP contribution >= 0.6 is 12.4 Å². The molecule has 0 saturated heterocycles. The van der Waals surface area contributed by atoms with Crippen molar-refractivity contribution >= 4 is 18.4 Å². The summed E-state index contributed by atoms with van der Waals surface area (Å²) in [5, 5.41) is 0. The molecule has 1 saturated carbocycles. The molecule has 2 rings (SSSR count). The Hall–Kier alpha value is -1.06. The van der Waals surface area contributed by atoms with E-state index in [-0.39, 0.29) is 30.3 Å². The van der Waals surface area contributed by atoms with Crippen molar-refractivity contribution in [3.05, 3.63) is 35.9 Å². The standard InChI is InChI=1S/C12H15NO2.ClH/c13-11-6-10(7-11)12(14)15-8-9-4-2-1-3-5-9;/h1-5,10-11H,6-8,13H2;1H. The molecule has 0 unspecified atom stereocenters. The predicted octanol–water partition coefficient (Wildman–Crippen LogP) is 1.89. The van der Waals surface area contributed by atoms with Gasteiger partial charge in [0, 0.05) is 6.04 Å². The minimum absolute atomic E-state index is 0. The summed E-state index contributed by atoms with van der Waals surface area (Å²) in [5.74, 6) is -0.0794. The lowest BCUT2D eigenvalue weighted by atomic mass is 9.81. The Labute approximate surface area is 101 Å². The Bertz CT molecular complexity index is 336. The first kappa shape index (κ1) is 13.0. The van der Waals surface area contributed by atoms with Gasteiger partial charge in [-0.3, -0.25) is 4.79 Å². The van der Waals surface area contributed by atoms with Gasteiger partial charge in [0.2, 0.25) is 0 Å². The number of hydrogen-bond donors (Lipinski definition) is 1. The van der Waals surface area contributed by atoms with Crippen LogP contribution in [0.3, 0.4) is 0 Å². The summed E-state index contributed by atoms with van der Waals surface area (Å²) in [6.07, 6.45) is 1.54. The van der Waals surface area contributed by atoms with E-state index in [4.69, 9.17) is 10.5 Å². The molecule has 0 spiro atoms. The van der Waals surface area contributed by atoms with Crippen molar-refractivity contribution in [2.24, 2.45) is 11.7 Å². The van der Waals surface area contributed by atoms with Crippen LogP contribution in [0, 0.1) is 5.92 Å². The highest BCUT2D eigenvalue weighted by Crippen LogP contribution is 2.26. The van der Waals surface area contributed by atoms with Gasteiger partial charge in [-0.1, -0.05) is 30.3 Å². The smallest absolute Gasteiger partial charge is 0.309 e. The lowest BCUT2D eigenvalue weighted by Gasteiger charge is -2.30. The average Bonchev–Trinajstić information content (AvgIpc) is 2.23. The van der Waals surface area contributed by atoms with Crippen LogP contribution in [-0.2, 0) is 16.1 Å². The molecule has 0 bridgehead atoms. The highest BCUT2D eigenvalue weighted by molar-refractivity contribution is 5.85. The van der Waals surface area contributed by atoms with Crippen molar-refractivity contribution in [2.75, 3.05) is 0 Å². The third-order valence-corrected chi connectivity index (χ3v) is 2.73. The molecule has 1 aromatic carbocycles. The maximum absolute atomic E-state index is 11.5. The van der Waals surface area contributed by atoms with Crippen molar-refractivity contribution in [3.63, 3.8) is 0 Å². The van der Waals surface area contributed by atoms with Crippen LogP contribution in [0.2, 0.25) is 0 Å². The maximum atomic E-state index is 11.5. The van der Waals surface area contributed by atoms with Crippen LogP contribution < -0.4 is 5.73 Å². The van der Waals surface area contributed by atoms with Gasteiger partial charge < -0.3 is 10.5 Å². The first-order valence-corrected chi connectivity index (χ1v) is 5.22. The number of esters is 1. The second-order valence-electron chi connectivity index (χ2n) is 4.02. The molecule has 0 radical (unpaired) electrons. The quantitative estimate of drug-likeness (QED) is 0.823. The number of rotatable bonds is 3. The van der Waals surface area contributed by atoms with Gasteiger partial charge in [0.25, 0.3) is 0 Å². The first-order valence-electron chi connectivity index (χ1n) is 5.22. The van der Waals surface area contributed by atoms with E-state index in [0.717, 1.165) is 18.4 Å². The summed E-state index contributed by atoms with van der Waals surface area (Å²) in [7, 11) is 0. The van der Waals surface area contributed by atoms with Gasteiger partial charge in [-0.2, -0.15) is 0 Å². The number of carbonyl (C=O) groups is 1. The zero-order chi connectivity index (χ0) is 10.7. The SMILES string of the molecule is Cl.NC1CC(C(=O)OCc2ccccc2)C1. The van der Waals surface area contributed by atoms with Crippen LogP contribution in [0.1, 0.15) is 18.4 Å². The van der Waals surface area contributed by atoms with Gasteiger partial charge in [0.15, 0.2) is 0 Å². The molecule has 2 N–H and O–H groups in total. The fourth-order valence-electron chi connectivity index (χ4n) is 1.70. The highest BCUT2D eigenvalue weighted by atomic mass is 35.5. The molecule has 1 aliphatic rings. The Balaban J connectivity index is 0.00000128. The fourth-order valence-corrected chi connectivity index (χ4v) is 1.70. The summed E-state index contributed by atoms with van der Waals surface area (Å²) < 4.78 is 5.19. The van der Waals surface area contributed by atoms with Crippen molar-refractivity contribution in [1.82, 2.24) is 0 Å². The van der Waals surface area contributed by atoms with Gasteiger partial charge in [-0.05, 0) is 18.4 Å². The highest BCUT2D eigenvalue weighted by Gasteiger charge is 2.33. The van der Waals surface area contributed by atoms with Gasteiger partial charge in [0.1, 0.15) is 6.61 Å². The third kappa shape index (κ3) is 3.22. The summed E-state index contributed by atoms with van der Waals surface area (Å²) in [6.45, 7) is 0.366. The molecule has 0 amide bonds. The van der Waals surface area contributed by atoms with Crippen LogP contribution in [0.4, 0.5) is 0 Å². The molecule has 1 aliphatic carbocycles. The summed E-state index contributed by atoms with van der Waals surface area (Å²) in [5.41, 5.74) is 6.63. The second-order valence-corrected chi connectivity index (χ2v) is 4.02. The number of hydrogen-bond acceptors (Lipinski definition) is 3. The molecule has 88 valence electrons. The average molecular weight is 242 g/mol. The normalized spacial score (nSPS) is 22.8. The molecular weight excluding hydrogens is 226 g/mol. The Morgan fingerprint density at radius 1 is 1.31 bits per heavy atom. The molecule has 1 aromatic rings. The molecule has 1 fully saturated rings. The molecule has 16 heavy (non-hydrogen) atoms. The molecule has 0 aromatic heterocycles. The van der Waals surface area contributed by atoms with Gasteiger partial charge in [0.05, 0.1) is 5.92 Å². The van der Waals surface area contributed by atoms with E-state index in [1.54, 1.807) is 0 Å². The second kappa shape index (κ2) is 5.87. The number of benzene rings is 1. The molecule has 3 nitrogen and oxygen atoms in total. The van der Waals surface area contributed by atoms with Crippen molar-refractivity contribution in [2.45, 2.75) is 25.5 Å². The molecule has 0 aliphatic heterocycles. The Morgan fingerprint density at radius 2 is 1.94 bits per heavy atom. The zero-order valence-electron chi connectivity index (χ0n) is 8.96. The van der Waals surface area contributed by atoms with Gasteiger partial charge >= 0.3 is 5.97 Å². The van der Waals surface area contributed by atoms with Crippen LogP contribution in [0.15, 0.2) is 30.3 Å². The summed E-state index contributed by atoms with van der Waals surface area (Å²) in [6, 6.07) is 9.89. The van der Waals surface area contributed by atoms with E-state index in [9.17, 15) is 4.79 Å². The Morgan fingerprint density at radius 3 is 2.50 bits per heavy atom. The van der Waals surface area contributed by atoms with E-state index in [1.165, 1.54) is 0 Å². The number of nitrogens with two attached hydrogens (primary N) is 1. The number of ether oxygens (including phenoxy) is 1. The topological polar surface area (TPSA) is 52.3 Å². The van der Waals surface area contributed by atoms with E-state index >= 15 is 0 Å². The lowest BCUT2D eigenvalue weighted by Crippen LogP contribution is -2.41. The van der Waals surface area contributed by atoms with Crippen LogP contribution in [0.5, 0.6) is 0 Å². The van der Waals surface area contributed by atoms with Gasteiger partial charge in [-0.25, -0.2) is 0 Å². The molecule has 4 heteroatoms. The number of halogens is 1. The number of carbonyl (C=O) groups excluding carboxylic acids is 1. The minimum Gasteiger partial charge on any atom is -0.461 e. The molecule has 0 heterocycles. The van der Waals surface area contributed by atoms with Crippen LogP contribution in [0.25, 0.3) is 0 Å². The predicted molar refractivity (Wildman–Crippen MR) is 64.2 cm³/mol. The third-order valence-electron chi connectivity index (χ3n) is 2.73. The molecular formula is C12H16ClNO2. The molecule has 0 atom stereocenters. The monoisotopic (exact) mass is 241 g/mol. The summed E-state index contributed by atoms with van der Waals surface area (Å²) >= 11 is 0. The lowest BCUT2D eigenvalue weighted by molar-refractivity contribution is -0.153. The van der Waals surface area contributed by atoms with Gasteiger partial charge in [-0.15, -0.1) is 12.4 Å². The minimum atomic E-state index is -0.111. The largest absolute Gasteiger partial charge is 0.461 e. The van der Waals surface area contributed by atoms with E-state index in [0.29, 0.717) is 6.61 Å². The van der Waals surface area contributed by atoms with Crippen LogP contribution in [-0.4, -0.2) is 12.0 Å². The maximum Gasteiger partial charge on any atom is 0.309 e. The first-order chi connectivity index (χ1) is 7.25. The van der Waals surface area contributed by atoms with E-state index in [1.807, 2.05) is 30.3 Å². The Kier molecular flexibility index (Phi) is 4.77. The van der Waals surface area contributed by atoms with Crippen molar-refractivity contribution in [1.29, 1.82) is 0 Å². The van der Waals surface area contributed by atoms with Crippen molar-refractivity contribution in [3.8, 4) is 0 Å². The van der Waals surface area contributed by atoms with E-state index < -0.39 is 0 Å². The fraction of sp³-hybridized carbons (Fsp3) is 0.417. The van der Waals surface area contributed by atoms with E-state index in [2.05, 4.69) is 0 Å².